The van der Waals surface area contributed by atoms with Gasteiger partial charge in [-0.25, -0.2) is 9.37 Å². The van der Waals surface area contributed by atoms with E-state index < -0.39 is 0 Å². The smallest absolute Gasteiger partial charge is 0.229 e. The largest absolute Gasteiger partial charge is 0.384 e. The van der Waals surface area contributed by atoms with Crippen LogP contribution in [-0.2, 0) is 9.53 Å². The van der Waals surface area contributed by atoms with Crippen LogP contribution < -0.4 is 5.32 Å². The van der Waals surface area contributed by atoms with Gasteiger partial charge in [0.05, 0.1) is 6.20 Å². The van der Waals surface area contributed by atoms with Crippen molar-refractivity contribution in [2.45, 2.75) is 64.7 Å². The predicted molar refractivity (Wildman–Crippen MR) is 119 cm³/mol. The minimum absolute atomic E-state index is 0.0421. The van der Waals surface area contributed by atoms with Gasteiger partial charge in [-0.05, 0) is 111 Å². The molecule has 4 nitrogen and oxygen atoms in total. The molecule has 0 spiro atoms. The molecule has 1 N–H and O–H groups in total. The highest BCUT2D eigenvalue weighted by Crippen LogP contribution is 2.64. The van der Waals surface area contributed by atoms with Gasteiger partial charge in [-0.2, -0.15) is 0 Å². The van der Waals surface area contributed by atoms with Crippen LogP contribution in [0.5, 0.6) is 0 Å². The number of nitrogens with one attached hydrogen (secondary N) is 1. The minimum atomic E-state index is -0.379. The van der Waals surface area contributed by atoms with Gasteiger partial charge >= 0.3 is 0 Å². The number of carbonyl (C=O) groups is 1. The maximum absolute atomic E-state index is 13.2. The molecule has 4 aliphatic rings. The molecule has 5 rings (SSSR count). The van der Waals surface area contributed by atoms with Crippen LogP contribution in [0.1, 0.15) is 64.7 Å². The van der Waals surface area contributed by atoms with E-state index >= 15 is 0 Å². The van der Waals surface area contributed by atoms with Crippen LogP contribution in [0.3, 0.4) is 0 Å². The number of halogens is 1. The molecule has 0 bridgehead atoms. The van der Waals surface area contributed by atoms with Gasteiger partial charge in [-0.1, -0.05) is 6.92 Å². The molecule has 0 radical (unpaired) electrons. The van der Waals surface area contributed by atoms with Gasteiger partial charge in [0.25, 0.3) is 0 Å². The number of anilines is 1. The summed E-state index contributed by atoms with van der Waals surface area (Å²) >= 11 is 0. The lowest BCUT2D eigenvalue weighted by Gasteiger charge is -2.56. The molecule has 0 unspecified atom stereocenters. The first-order valence-electron chi connectivity index (χ1n) is 12.4. The molecule has 1 heterocycles. The van der Waals surface area contributed by atoms with Crippen LogP contribution in [0, 0.1) is 52.7 Å². The van der Waals surface area contributed by atoms with Crippen LogP contribution in [0.15, 0.2) is 18.3 Å². The van der Waals surface area contributed by atoms with Crippen LogP contribution in [0.2, 0.25) is 0 Å². The number of pyridine rings is 1. The fourth-order valence-electron chi connectivity index (χ4n) is 8.43. The van der Waals surface area contributed by atoms with Gasteiger partial charge < -0.3 is 10.1 Å². The summed E-state index contributed by atoms with van der Waals surface area (Å²) in [6.45, 7) is 3.31. The van der Waals surface area contributed by atoms with Gasteiger partial charge in [0.2, 0.25) is 5.91 Å². The number of fused-ring (bicyclic) bond motifs is 5. The van der Waals surface area contributed by atoms with Gasteiger partial charge in [-0.15, -0.1) is 0 Å². The standard InChI is InChI=1S/C26H37FN2O2/c1-26-12-11-20-19-6-3-16(15-31-2)13-17(19)4-7-21(20)22(26)8-9-23(26)25(30)29-24-10-5-18(27)14-28-24/h5,10,14,16-17,19-23H,3-4,6-9,11-13,15H2,1-2H3,(H,28,29,30)/t16-,17+,19-,20+,21+,22-,23+,26-/m0/s1. The molecule has 8 atom stereocenters. The number of ether oxygens (including phenoxy) is 1. The Morgan fingerprint density at radius 2 is 1.97 bits per heavy atom. The molecule has 1 aromatic rings. The Hall–Kier alpha value is -1.49. The molecular weight excluding hydrogens is 391 g/mol. The summed E-state index contributed by atoms with van der Waals surface area (Å²) in [4.78, 5) is 17.2. The third-order valence-corrected chi connectivity index (χ3v) is 9.76. The second kappa shape index (κ2) is 8.46. The van der Waals surface area contributed by atoms with Crippen molar-refractivity contribution in [3.63, 3.8) is 0 Å². The molecule has 1 amide bonds. The average molecular weight is 429 g/mol. The molecule has 5 heteroatoms. The Kier molecular flexibility index (Phi) is 5.83. The second-order valence-electron chi connectivity index (χ2n) is 11.1. The van der Waals surface area contributed by atoms with Gasteiger partial charge in [-0.3, -0.25) is 4.79 Å². The zero-order chi connectivity index (χ0) is 21.6. The fraction of sp³-hybridized carbons (Fsp3) is 0.769. The Labute approximate surface area is 185 Å². The molecule has 4 saturated carbocycles. The minimum Gasteiger partial charge on any atom is -0.384 e. The normalized spacial score (nSPS) is 41.7. The second-order valence-corrected chi connectivity index (χ2v) is 11.1. The molecule has 4 fully saturated rings. The van der Waals surface area contributed by atoms with Crippen LogP contribution in [-0.4, -0.2) is 24.6 Å². The highest BCUT2D eigenvalue weighted by molar-refractivity contribution is 5.92. The maximum atomic E-state index is 13.2. The number of amides is 1. The van der Waals surface area contributed by atoms with Crippen molar-refractivity contribution in [1.29, 1.82) is 0 Å². The van der Waals surface area contributed by atoms with Crippen molar-refractivity contribution < 1.29 is 13.9 Å². The van der Waals surface area contributed by atoms with Crippen LogP contribution in [0.25, 0.3) is 0 Å². The Bertz CT molecular complexity index is 799. The summed E-state index contributed by atoms with van der Waals surface area (Å²) in [6, 6.07) is 2.91. The monoisotopic (exact) mass is 428 g/mol. The summed E-state index contributed by atoms with van der Waals surface area (Å²) in [5.74, 6) is 5.07. The number of rotatable bonds is 4. The van der Waals surface area contributed by atoms with Gasteiger partial charge in [0.15, 0.2) is 0 Å². The Morgan fingerprint density at radius 3 is 2.74 bits per heavy atom. The number of nitrogens with zero attached hydrogens (tertiary/aromatic N) is 1. The maximum Gasteiger partial charge on any atom is 0.229 e. The lowest BCUT2D eigenvalue weighted by Crippen LogP contribution is -2.50. The van der Waals surface area contributed by atoms with E-state index in [0.29, 0.717) is 11.7 Å². The lowest BCUT2D eigenvalue weighted by molar-refractivity contribution is -0.127. The molecule has 31 heavy (non-hydrogen) atoms. The van der Waals surface area contributed by atoms with E-state index in [1.54, 1.807) is 6.07 Å². The van der Waals surface area contributed by atoms with Crippen molar-refractivity contribution in [2.75, 3.05) is 19.0 Å². The van der Waals surface area contributed by atoms with E-state index in [2.05, 4.69) is 17.2 Å². The van der Waals surface area contributed by atoms with E-state index in [1.165, 1.54) is 63.6 Å². The highest BCUT2D eigenvalue weighted by Gasteiger charge is 2.58. The van der Waals surface area contributed by atoms with Crippen molar-refractivity contribution in [2.24, 2.45) is 46.8 Å². The fourth-order valence-corrected chi connectivity index (χ4v) is 8.43. The van der Waals surface area contributed by atoms with Gasteiger partial charge in [0, 0.05) is 19.6 Å². The zero-order valence-corrected chi connectivity index (χ0v) is 19.0. The summed E-state index contributed by atoms with van der Waals surface area (Å²) < 4.78 is 18.6. The van der Waals surface area contributed by atoms with Crippen molar-refractivity contribution >= 4 is 11.7 Å². The van der Waals surface area contributed by atoms with Gasteiger partial charge in [0.1, 0.15) is 11.6 Å². The predicted octanol–water partition coefficient (Wildman–Crippen LogP) is 5.69. The van der Waals surface area contributed by atoms with E-state index in [4.69, 9.17) is 4.74 Å². The van der Waals surface area contributed by atoms with E-state index in [0.717, 1.165) is 42.6 Å². The number of aromatic nitrogens is 1. The SMILES string of the molecule is COC[C@H]1CC[C@H]2[C@H](CC[C@@H]3[C@@H]2CC[C@]2(C)[C@@H](C(=O)Nc4ccc(F)cn4)CC[C@@H]32)C1. The van der Waals surface area contributed by atoms with Crippen molar-refractivity contribution in [3.05, 3.63) is 24.1 Å². The third-order valence-electron chi connectivity index (χ3n) is 9.76. The van der Waals surface area contributed by atoms with E-state index in [-0.39, 0.29) is 23.1 Å². The first-order valence-corrected chi connectivity index (χ1v) is 12.4. The molecule has 0 saturated heterocycles. The number of methoxy groups -OCH3 is 1. The summed E-state index contributed by atoms with van der Waals surface area (Å²) in [5, 5.41) is 2.97. The van der Waals surface area contributed by atoms with E-state index in [9.17, 15) is 9.18 Å². The summed E-state index contributed by atoms with van der Waals surface area (Å²) in [5.41, 5.74) is 0.0887. The summed E-state index contributed by atoms with van der Waals surface area (Å²) in [6.07, 6.45) is 12.6. The number of carbonyl (C=O) groups excluding carboxylic acids is 1. The summed E-state index contributed by atoms with van der Waals surface area (Å²) in [7, 11) is 1.84. The molecule has 1 aromatic heterocycles. The average Bonchev–Trinajstić information content (AvgIpc) is 3.12. The number of hydrogen-bond donors (Lipinski definition) is 1. The molecule has 4 aliphatic carbocycles. The zero-order valence-electron chi connectivity index (χ0n) is 19.0. The van der Waals surface area contributed by atoms with Crippen molar-refractivity contribution in [1.82, 2.24) is 4.98 Å². The molecular formula is C26H37FN2O2. The van der Waals surface area contributed by atoms with Crippen LogP contribution >= 0.6 is 0 Å². The topological polar surface area (TPSA) is 51.2 Å². The van der Waals surface area contributed by atoms with E-state index in [1.807, 2.05) is 7.11 Å². The third kappa shape index (κ3) is 3.81. The quantitative estimate of drug-likeness (QED) is 0.670. The molecule has 0 aromatic carbocycles. The Balaban J connectivity index is 1.27. The molecule has 0 aliphatic heterocycles. The van der Waals surface area contributed by atoms with Crippen molar-refractivity contribution in [3.8, 4) is 0 Å². The Morgan fingerprint density at radius 1 is 1.13 bits per heavy atom. The first kappa shape index (κ1) is 21.4. The lowest BCUT2D eigenvalue weighted by atomic mass is 9.49. The first-order chi connectivity index (χ1) is 15.0. The highest BCUT2D eigenvalue weighted by atomic mass is 19.1. The molecule has 170 valence electrons. The number of hydrogen-bond acceptors (Lipinski definition) is 3. The van der Waals surface area contributed by atoms with Crippen LogP contribution in [0.4, 0.5) is 10.2 Å².